The van der Waals surface area contributed by atoms with Crippen LogP contribution in [-0.2, 0) is 0 Å². The van der Waals surface area contributed by atoms with Gasteiger partial charge in [-0.15, -0.1) is 0 Å². The van der Waals surface area contributed by atoms with E-state index in [0.29, 0.717) is 5.92 Å². The first kappa shape index (κ1) is 10.4. The highest BCUT2D eigenvalue weighted by Crippen LogP contribution is 2.29. The molecule has 1 aromatic carbocycles. The lowest BCUT2D eigenvalue weighted by molar-refractivity contribution is 0.481. The molecule has 1 aromatic heterocycles. The van der Waals surface area contributed by atoms with E-state index in [1.807, 2.05) is 24.3 Å². The second-order valence-electron chi connectivity index (χ2n) is 3.70. The van der Waals surface area contributed by atoms with Crippen LogP contribution in [0.15, 0.2) is 39.4 Å². The Balaban J connectivity index is 2.42. The van der Waals surface area contributed by atoms with Crippen LogP contribution in [0.25, 0.3) is 11.3 Å². The molecule has 0 saturated carbocycles. The van der Waals surface area contributed by atoms with Crippen LogP contribution in [0.2, 0.25) is 0 Å². The molecule has 3 heteroatoms. The number of benzene rings is 1. The summed E-state index contributed by atoms with van der Waals surface area (Å²) in [6.07, 6.45) is 1.77. The number of hydrogen-bond acceptors (Lipinski definition) is 2. The molecule has 2 aromatic rings. The van der Waals surface area contributed by atoms with Crippen LogP contribution < -0.4 is 0 Å². The molecule has 0 spiro atoms. The fourth-order valence-electron chi connectivity index (χ4n) is 1.34. The van der Waals surface area contributed by atoms with Crippen molar-refractivity contribution in [3.63, 3.8) is 0 Å². The maximum atomic E-state index is 5.67. The van der Waals surface area contributed by atoms with Gasteiger partial charge in [0.2, 0.25) is 0 Å². The van der Waals surface area contributed by atoms with Crippen molar-refractivity contribution >= 4 is 15.9 Å². The fourth-order valence-corrected chi connectivity index (χ4v) is 1.82. The number of aromatic nitrogens is 1. The van der Waals surface area contributed by atoms with Gasteiger partial charge in [-0.05, 0) is 6.07 Å². The van der Waals surface area contributed by atoms with Crippen LogP contribution in [0.3, 0.4) is 0 Å². The molecule has 0 aliphatic heterocycles. The van der Waals surface area contributed by atoms with Gasteiger partial charge in [-0.25, -0.2) is 4.98 Å². The van der Waals surface area contributed by atoms with Gasteiger partial charge < -0.3 is 4.42 Å². The van der Waals surface area contributed by atoms with Crippen molar-refractivity contribution in [1.82, 2.24) is 4.98 Å². The van der Waals surface area contributed by atoms with Crippen molar-refractivity contribution < 1.29 is 4.42 Å². The Morgan fingerprint density at radius 3 is 2.60 bits per heavy atom. The third-order valence-corrected chi connectivity index (χ3v) is 2.85. The van der Waals surface area contributed by atoms with Crippen molar-refractivity contribution in [2.24, 2.45) is 0 Å². The van der Waals surface area contributed by atoms with Gasteiger partial charge in [-0.2, -0.15) is 0 Å². The van der Waals surface area contributed by atoms with Crippen LogP contribution in [-0.4, -0.2) is 4.98 Å². The molecule has 0 radical (unpaired) electrons. The molecule has 15 heavy (non-hydrogen) atoms. The Labute approximate surface area is 97.5 Å². The summed E-state index contributed by atoms with van der Waals surface area (Å²) < 4.78 is 6.70. The molecule has 2 nitrogen and oxygen atoms in total. The zero-order valence-electron chi connectivity index (χ0n) is 8.70. The largest absolute Gasteiger partial charge is 0.440 e. The second-order valence-corrected chi connectivity index (χ2v) is 4.55. The molecule has 0 saturated heterocycles. The van der Waals surface area contributed by atoms with E-state index in [4.69, 9.17) is 4.42 Å². The maximum Gasteiger partial charge on any atom is 0.197 e. The number of rotatable bonds is 2. The average Bonchev–Trinajstić information content (AvgIpc) is 2.67. The lowest BCUT2D eigenvalue weighted by atomic mass is 10.2. The minimum Gasteiger partial charge on any atom is -0.440 e. The first-order chi connectivity index (χ1) is 7.18. The first-order valence-electron chi connectivity index (χ1n) is 4.89. The summed E-state index contributed by atoms with van der Waals surface area (Å²) in [7, 11) is 0. The number of nitrogens with zero attached hydrogens (tertiary/aromatic N) is 1. The van der Waals surface area contributed by atoms with Gasteiger partial charge >= 0.3 is 0 Å². The molecule has 0 N–H and O–H groups in total. The zero-order chi connectivity index (χ0) is 10.8. The SMILES string of the molecule is CC(C)c1ncc(-c2ccccc2Br)o1. The highest BCUT2D eigenvalue weighted by atomic mass is 79.9. The van der Waals surface area contributed by atoms with E-state index in [1.165, 1.54) is 0 Å². The predicted octanol–water partition coefficient (Wildman–Crippen LogP) is 4.23. The number of hydrogen-bond donors (Lipinski definition) is 0. The van der Waals surface area contributed by atoms with Gasteiger partial charge in [0.15, 0.2) is 11.7 Å². The normalized spacial score (nSPS) is 10.9. The van der Waals surface area contributed by atoms with E-state index in [1.54, 1.807) is 6.20 Å². The molecule has 2 rings (SSSR count). The van der Waals surface area contributed by atoms with Crippen molar-refractivity contribution in [2.45, 2.75) is 19.8 Å². The summed E-state index contributed by atoms with van der Waals surface area (Å²) in [5.41, 5.74) is 1.04. The molecule has 0 unspecified atom stereocenters. The number of halogens is 1. The van der Waals surface area contributed by atoms with E-state index in [2.05, 4.69) is 34.8 Å². The lowest BCUT2D eigenvalue weighted by Crippen LogP contribution is -1.84. The van der Waals surface area contributed by atoms with Crippen LogP contribution in [0.5, 0.6) is 0 Å². The van der Waals surface area contributed by atoms with E-state index in [-0.39, 0.29) is 0 Å². The monoisotopic (exact) mass is 265 g/mol. The molecule has 0 aliphatic rings. The topological polar surface area (TPSA) is 26.0 Å². The van der Waals surface area contributed by atoms with Gasteiger partial charge in [-0.3, -0.25) is 0 Å². The minimum absolute atomic E-state index is 0.321. The molecule has 78 valence electrons. The van der Waals surface area contributed by atoms with E-state index >= 15 is 0 Å². The van der Waals surface area contributed by atoms with Gasteiger partial charge in [0.05, 0.1) is 6.20 Å². The summed E-state index contributed by atoms with van der Waals surface area (Å²) in [6.45, 7) is 4.13. The lowest BCUT2D eigenvalue weighted by Gasteiger charge is -2.00. The summed E-state index contributed by atoms with van der Waals surface area (Å²) in [4.78, 5) is 4.25. The first-order valence-corrected chi connectivity index (χ1v) is 5.68. The summed E-state index contributed by atoms with van der Waals surface area (Å²) in [5.74, 6) is 1.91. The Morgan fingerprint density at radius 2 is 2.00 bits per heavy atom. The maximum absolute atomic E-state index is 5.67. The molecule has 0 bridgehead atoms. The molecule has 0 atom stereocenters. The zero-order valence-corrected chi connectivity index (χ0v) is 10.3. The molecule has 1 heterocycles. The third kappa shape index (κ3) is 2.12. The minimum atomic E-state index is 0.321. The standard InChI is InChI=1S/C12H12BrNO/c1-8(2)12-14-7-11(15-12)9-5-3-4-6-10(9)13/h3-8H,1-2H3. The Hall–Kier alpha value is -1.09. The highest BCUT2D eigenvalue weighted by Gasteiger charge is 2.10. The predicted molar refractivity (Wildman–Crippen MR) is 63.7 cm³/mol. The van der Waals surface area contributed by atoms with Gasteiger partial charge in [0.1, 0.15) is 0 Å². The molecule has 0 fully saturated rings. The highest BCUT2D eigenvalue weighted by molar-refractivity contribution is 9.10. The van der Waals surface area contributed by atoms with Crippen LogP contribution in [0, 0.1) is 0 Å². The second kappa shape index (κ2) is 4.19. The van der Waals surface area contributed by atoms with E-state index in [0.717, 1.165) is 21.7 Å². The molecular weight excluding hydrogens is 254 g/mol. The summed E-state index contributed by atoms with van der Waals surface area (Å²) in [6, 6.07) is 7.96. The average molecular weight is 266 g/mol. The van der Waals surface area contributed by atoms with E-state index in [9.17, 15) is 0 Å². The van der Waals surface area contributed by atoms with Gasteiger partial charge in [0, 0.05) is 16.0 Å². The van der Waals surface area contributed by atoms with E-state index < -0.39 is 0 Å². The summed E-state index contributed by atoms with van der Waals surface area (Å²) >= 11 is 3.49. The molecule has 0 amide bonds. The van der Waals surface area contributed by atoms with Crippen molar-refractivity contribution in [3.8, 4) is 11.3 Å². The van der Waals surface area contributed by atoms with Crippen LogP contribution >= 0.6 is 15.9 Å². The fraction of sp³-hybridized carbons (Fsp3) is 0.250. The summed E-state index contributed by atoms with van der Waals surface area (Å²) in [5, 5.41) is 0. The third-order valence-electron chi connectivity index (χ3n) is 2.16. The van der Waals surface area contributed by atoms with Crippen molar-refractivity contribution in [2.75, 3.05) is 0 Å². The van der Waals surface area contributed by atoms with Gasteiger partial charge in [-0.1, -0.05) is 48.0 Å². The van der Waals surface area contributed by atoms with Gasteiger partial charge in [0.25, 0.3) is 0 Å². The smallest absolute Gasteiger partial charge is 0.197 e. The van der Waals surface area contributed by atoms with Crippen LogP contribution in [0.4, 0.5) is 0 Å². The molecular formula is C12H12BrNO. The Kier molecular flexibility index (Phi) is 2.91. The van der Waals surface area contributed by atoms with Crippen molar-refractivity contribution in [1.29, 1.82) is 0 Å². The number of oxazole rings is 1. The molecule has 0 aliphatic carbocycles. The Bertz CT molecular complexity index is 462. The van der Waals surface area contributed by atoms with Crippen LogP contribution in [0.1, 0.15) is 25.7 Å². The quantitative estimate of drug-likeness (QED) is 0.813. The Morgan fingerprint density at radius 1 is 1.27 bits per heavy atom. The van der Waals surface area contributed by atoms with Crippen molar-refractivity contribution in [3.05, 3.63) is 40.8 Å².